The van der Waals surface area contributed by atoms with Crippen LogP contribution in [0, 0.1) is 0 Å². The predicted octanol–water partition coefficient (Wildman–Crippen LogP) is 2.09. The fourth-order valence-corrected chi connectivity index (χ4v) is 3.35. The van der Waals surface area contributed by atoms with Crippen molar-refractivity contribution in [3.05, 3.63) is 48.0 Å². The number of likely N-dealkylation sites (N-methyl/N-ethyl adjacent to an activating group) is 1. The molecule has 1 heterocycles. The number of carbonyl (C=O) groups excluding carboxylic acids is 1. The van der Waals surface area contributed by atoms with Gasteiger partial charge in [-0.15, -0.1) is 0 Å². The molecule has 0 unspecified atom stereocenters. The number of fused-ring (bicyclic) bond motifs is 1. The molecule has 1 atom stereocenters. The molecule has 1 amide bonds. The third-order valence-electron chi connectivity index (χ3n) is 4.85. The normalized spacial score (nSPS) is 18.0. The number of hydrogen-bond donors (Lipinski definition) is 1. The summed E-state index contributed by atoms with van der Waals surface area (Å²) in [5, 5.41) is 5.39. The van der Waals surface area contributed by atoms with Crippen LogP contribution in [0.1, 0.15) is 12.5 Å². The molecule has 1 saturated heterocycles. The third-order valence-corrected chi connectivity index (χ3v) is 4.85. The molecule has 0 aromatic heterocycles. The lowest BCUT2D eigenvalue weighted by Gasteiger charge is -2.37. The van der Waals surface area contributed by atoms with Gasteiger partial charge in [0.05, 0.1) is 6.04 Å². The van der Waals surface area contributed by atoms with Gasteiger partial charge < -0.3 is 5.32 Å². The average Bonchev–Trinajstić information content (AvgIpc) is 2.61. The van der Waals surface area contributed by atoms with E-state index in [2.05, 4.69) is 57.6 Å². The van der Waals surface area contributed by atoms with Crippen LogP contribution in [0.5, 0.6) is 0 Å². The van der Waals surface area contributed by atoms with E-state index in [4.69, 9.17) is 0 Å². The first-order chi connectivity index (χ1) is 11.2. The average molecular weight is 311 g/mol. The van der Waals surface area contributed by atoms with Gasteiger partial charge in [-0.3, -0.25) is 14.6 Å². The summed E-state index contributed by atoms with van der Waals surface area (Å²) >= 11 is 0. The van der Waals surface area contributed by atoms with Gasteiger partial charge in [0, 0.05) is 39.8 Å². The topological polar surface area (TPSA) is 35.6 Å². The fourth-order valence-electron chi connectivity index (χ4n) is 3.35. The summed E-state index contributed by atoms with van der Waals surface area (Å²) in [5.74, 6) is 0.104. The molecule has 1 fully saturated rings. The SMILES string of the molecule is CNC(=O)[C@H](C)N1CCN(Cc2cccc3ccccc23)CC1. The first-order valence-electron chi connectivity index (χ1n) is 8.33. The molecule has 4 heteroatoms. The Kier molecular flexibility index (Phi) is 4.94. The fraction of sp³-hybridized carbons (Fsp3) is 0.421. The zero-order chi connectivity index (χ0) is 16.2. The van der Waals surface area contributed by atoms with E-state index < -0.39 is 0 Å². The molecule has 4 nitrogen and oxygen atoms in total. The van der Waals surface area contributed by atoms with Crippen LogP contribution in [0.25, 0.3) is 10.8 Å². The minimum absolute atomic E-state index is 0.0419. The molecule has 1 aliphatic heterocycles. The Bertz CT molecular complexity index is 672. The van der Waals surface area contributed by atoms with Gasteiger partial charge in [-0.25, -0.2) is 0 Å². The van der Waals surface area contributed by atoms with Gasteiger partial charge in [-0.2, -0.15) is 0 Å². The van der Waals surface area contributed by atoms with Gasteiger partial charge in [0.1, 0.15) is 0 Å². The number of amides is 1. The number of nitrogens with zero attached hydrogens (tertiary/aromatic N) is 2. The van der Waals surface area contributed by atoms with Gasteiger partial charge in [-0.05, 0) is 23.3 Å². The third kappa shape index (κ3) is 3.54. The smallest absolute Gasteiger partial charge is 0.236 e. The molecule has 1 aliphatic rings. The van der Waals surface area contributed by atoms with Crippen molar-refractivity contribution in [2.24, 2.45) is 0 Å². The van der Waals surface area contributed by atoms with E-state index in [1.807, 2.05) is 6.92 Å². The van der Waals surface area contributed by atoms with Crippen LogP contribution in [0.4, 0.5) is 0 Å². The Hall–Kier alpha value is -1.91. The van der Waals surface area contributed by atoms with Gasteiger partial charge in [0.15, 0.2) is 0 Å². The highest BCUT2D eigenvalue weighted by molar-refractivity contribution is 5.85. The molecule has 2 aromatic carbocycles. The Balaban J connectivity index is 1.63. The molecule has 0 spiro atoms. The molecule has 3 rings (SSSR count). The van der Waals surface area contributed by atoms with Crippen LogP contribution < -0.4 is 5.32 Å². The monoisotopic (exact) mass is 311 g/mol. The van der Waals surface area contributed by atoms with Crippen molar-refractivity contribution < 1.29 is 4.79 Å². The number of nitrogens with one attached hydrogen (secondary N) is 1. The first kappa shape index (κ1) is 16.0. The maximum absolute atomic E-state index is 11.8. The summed E-state index contributed by atoms with van der Waals surface area (Å²) in [6.45, 7) is 6.86. The molecule has 1 N–H and O–H groups in total. The quantitative estimate of drug-likeness (QED) is 0.939. The number of piperazine rings is 1. The van der Waals surface area contributed by atoms with Crippen LogP contribution in [0.3, 0.4) is 0 Å². The van der Waals surface area contributed by atoms with Crippen molar-refractivity contribution in [2.75, 3.05) is 33.2 Å². The summed E-state index contributed by atoms with van der Waals surface area (Å²) in [7, 11) is 1.70. The molecule has 0 radical (unpaired) electrons. The minimum atomic E-state index is -0.0419. The summed E-state index contributed by atoms with van der Waals surface area (Å²) in [4.78, 5) is 16.5. The van der Waals surface area contributed by atoms with Crippen molar-refractivity contribution in [1.82, 2.24) is 15.1 Å². The van der Waals surface area contributed by atoms with E-state index in [0.717, 1.165) is 32.7 Å². The molecule has 0 saturated carbocycles. The van der Waals surface area contributed by atoms with E-state index in [0.29, 0.717) is 0 Å². The van der Waals surface area contributed by atoms with Crippen LogP contribution in [0.2, 0.25) is 0 Å². The predicted molar refractivity (Wildman–Crippen MR) is 94.3 cm³/mol. The largest absolute Gasteiger partial charge is 0.358 e. The number of rotatable bonds is 4. The summed E-state index contributed by atoms with van der Waals surface area (Å²) in [5.41, 5.74) is 1.39. The molecule has 2 aromatic rings. The van der Waals surface area contributed by atoms with E-state index >= 15 is 0 Å². The lowest BCUT2D eigenvalue weighted by molar-refractivity contribution is -0.126. The maximum Gasteiger partial charge on any atom is 0.236 e. The highest BCUT2D eigenvalue weighted by Gasteiger charge is 2.24. The Morgan fingerprint density at radius 2 is 1.78 bits per heavy atom. The zero-order valence-electron chi connectivity index (χ0n) is 14.0. The van der Waals surface area contributed by atoms with Crippen LogP contribution in [0.15, 0.2) is 42.5 Å². The highest BCUT2D eigenvalue weighted by atomic mass is 16.2. The van der Waals surface area contributed by atoms with Gasteiger partial charge in [0.25, 0.3) is 0 Å². The van der Waals surface area contributed by atoms with E-state index in [-0.39, 0.29) is 11.9 Å². The second kappa shape index (κ2) is 7.11. The van der Waals surface area contributed by atoms with Crippen molar-refractivity contribution >= 4 is 16.7 Å². The summed E-state index contributed by atoms with van der Waals surface area (Å²) in [6, 6.07) is 15.1. The van der Waals surface area contributed by atoms with E-state index in [9.17, 15) is 4.79 Å². The van der Waals surface area contributed by atoms with E-state index in [1.54, 1.807) is 7.05 Å². The zero-order valence-corrected chi connectivity index (χ0v) is 14.0. The number of hydrogen-bond acceptors (Lipinski definition) is 3. The molecule has 23 heavy (non-hydrogen) atoms. The van der Waals surface area contributed by atoms with Crippen molar-refractivity contribution in [3.63, 3.8) is 0 Å². The van der Waals surface area contributed by atoms with Crippen LogP contribution in [-0.4, -0.2) is 55.0 Å². The lowest BCUT2D eigenvalue weighted by Crippen LogP contribution is -2.53. The molecule has 0 bridgehead atoms. The maximum atomic E-state index is 11.8. The van der Waals surface area contributed by atoms with Crippen molar-refractivity contribution in [3.8, 4) is 0 Å². The standard InChI is InChI=1S/C19H25N3O/c1-15(19(23)20-2)22-12-10-21(11-13-22)14-17-8-5-7-16-6-3-4-9-18(16)17/h3-9,15H,10-14H2,1-2H3,(H,20,23)/t15-/m0/s1. The molecule has 122 valence electrons. The van der Waals surface area contributed by atoms with Crippen molar-refractivity contribution in [2.45, 2.75) is 19.5 Å². The summed E-state index contributed by atoms with van der Waals surface area (Å²) < 4.78 is 0. The van der Waals surface area contributed by atoms with Crippen molar-refractivity contribution in [1.29, 1.82) is 0 Å². The van der Waals surface area contributed by atoms with Gasteiger partial charge in [-0.1, -0.05) is 42.5 Å². The molecular formula is C19H25N3O. The minimum Gasteiger partial charge on any atom is -0.358 e. The second-order valence-corrected chi connectivity index (χ2v) is 6.24. The lowest BCUT2D eigenvalue weighted by atomic mass is 10.0. The van der Waals surface area contributed by atoms with Gasteiger partial charge in [0.2, 0.25) is 5.91 Å². The Morgan fingerprint density at radius 1 is 1.09 bits per heavy atom. The summed E-state index contributed by atoms with van der Waals surface area (Å²) in [6.07, 6.45) is 0. The molecule has 0 aliphatic carbocycles. The molecular weight excluding hydrogens is 286 g/mol. The van der Waals surface area contributed by atoms with Crippen LogP contribution in [-0.2, 0) is 11.3 Å². The highest BCUT2D eigenvalue weighted by Crippen LogP contribution is 2.20. The Labute approximate surface area is 138 Å². The first-order valence-corrected chi connectivity index (χ1v) is 8.33. The second-order valence-electron chi connectivity index (χ2n) is 6.24. The van der Waals surface area contributed by atoms with Crippen LogP contribution >= 0.6 is 0 Å². The van der Waals surface area contributed by atoms with E-state index in [1.165, 1.54) is 16.3 Å². The number of benzene rings is 2. The number of carbonyl (C=O) groups is 1. The van der Waals surface area contributed by atoms with Gasteiger partial charge >= 0.3 is 0 Å². The Morgan fingerprint density at radius 3 is 2.52 bits per heavy atom.